The average molecular weight is 394 g/mol. The predicted octanol–water partition coefficient (Wildman–Crippen LogP) is 6.92. The van der Waals surface area contributed by atoms with Crippen molar-refractivity contribution in [3.8, 4) is 0 Å². The fourth-order valence-electron chi connectivity index (χ4n) is 5.36. The second kappa shape index (κ2) is 10.4. The lowest BCUT2D eigenvalue weighted by Gasteiger charge is -2.54. The lowest BCUT2D eigenvalue weighted by atomic mass is 9.66. The molecular formula is C27H39NO. The van der Waals surface area contributed by atoms with E-state index in [0.29, 0.717) is 0 Å². The Balaban J connectivity index is 2.02. The summed E-state index contributed by atoms with van der Waals surface area (Å²) in [6.45, 7) is 4.49. The summed E-state index contributed by atoms with van der Waals surface area (Å²) in [7, 11) is 2.27. The van der Waals surface area contributed by atoms with Crippen LogP contribution < -0.4 is 0 Å². The molecule has 4 atom stereocenters. The molecule has 0 aliphatic carbocycles. The van der Waals surface area contributed by atoms with Crippen LogP contribution in [0, 0.1) is 5.92 Å². The van der Waals surface area contributed by atoms with Gasteiger partial charge in [0.15, 0.2) is 0 Å². The molecule has 29 heavy (non-hydrogen) atoms. The van der Waals surface area contributed by atoms with Crippen molar-refractivity contribution >= 4 is 0 Å². The second-order valence-electron chi connectivity index (χ2n) is 8.96. The molecule has 0 unspecified atom stereocenters. The van der Waals surface area contributed by atoms with E-state index in [1.54, 1.807) is 0 Å². The highest BCUT2D eigenvalue weighted by Crippen LogP contribution is 2.52. The number of aliphatic hydroxyl groups is 1. The Labute approximate surface area is 178 Å². The maximum atomic E-state index is 12.1. The summed E-state index contributed by atoms with van der Waals surface area (Å²) in [4.78, 5) is 2.54. The molecular weight excluding hydrogens is 354 g/mol. The van der Waals surface area contributed by atoms with Gasteiger partial charge in [0, 0.05) is 18.0 Å². The summed E-state index contributed by atoms with van der Waals surface area (Å²) < 4.78 is 0. The zero-order valence-corrected chi connectivity index (χ0v) is 18.6. The summed E-state index contributed by atoms with van der Waals surface area (Å²) in [5, 5.41) is 12.1. The third-order valence-electron chi connectivity index (χ3n) is 6.96. The van der Waals surface area contributed by atoms with Crippen LogP contribution in [0.25, 0.3) is 0 Å². The Hall–Kier alpha value is -1.64. The van der Waals surface area contributed by atoms with Gasteiger partial charge in [-0.05, 0) is 37.4 Å². The van der Waals surface area contributed by atoms with Crippen molar-refractivity contribution < 1.29 is 5.11 Å². The Kier molecular flexibility index (Phi) is 7.91. The lowest BCUT2D eigenvalue weighted by Crippen LogP contribution is -2.53. The molecule has 0 saturated carbocycles. The first kappa shape index (κ1) is 22.1. The largest absolute Gasteiger partial charge is 0.389 e. The molecule has 1 aliphatic rings. The third-order valence-corrected chi connectivity index (χ3v) is 6.96. The SMILES string of the molecule is CCCCC[C@@H]1[C@H](c2ccccc2)N(C)[C@H](c2ccccc2)C[C@]1(O)CCCC. The molecule has 2 aromatic rings. The molecule has 0 amide bonds. The molecule has 1 heterocycles. The summed E-state index contributed by atoms with van der Waals surface area (Å²) in [6.07, 6.45) is 8.71. The van der Waals surface area contributed by atoms with E-state index in [-0.39, 0.29) is 18.0 Å². The standard InChI is InChI=1S/C27H39NO/c1-4-6-10-19-24-26(23-17-13-9-14-18-23)28(3)25(22-15-11-8-12-16-22)21-27(24,29)20-7-5-2/h8-9,11-18,24-26,29H,4-7,10,19-21H2,1-3H3/t24-,25+,26+,27-/m1/s1. The Morgan fingerprint density at radius 1 is 0.862 bits per heavy atom. The molecule has 158 valence electrons. The van der Waals surface area contributed by atoms with Crippen molar-refractivity contribution in [3.63, 3.8) is 0 Å². The zero-order chi connectivity index (χ0) is 20.7. The van der Waals surface area contributed by atoms with E-state index in [4.69, 9.17) is 0 Å². The van der Waals surface area contributed by atoms with Gasteiger partial charge >= 0.3 is 0 Å². The number of hydrogen-bond acceptors (Lipinski definition) is 2. The Morgan fingerprint density at radius 3 is 2.03 bits per heavy atom. The van der Waals surface area contributed by atoms with Crippen LogP contribution in [0.15, 0.2) is 60.7 Å². The maximum absolute atomic E-state index is 12.1. The molecule has 0 bridgehead atoms. The van der Waals surface area contributed by atoms with E-state index in [9.17, 15) is 5.11 Å². The fourth-order valence-corrected chi connectivity index (χ4v) is 5.36. The van der Waals surface area contributed by atoms with Crippen molar-refractivity contribution in [1.82, 2.24) is 4.90 Å². The number of benzene rings is 2. The van der Waals surface area contributed by atoms with Gasteiger partial charge in [-0.25, -0.2) is 0 Å². The van der Waals surface area contributed by atoms with Crippen LogP contribution in [0.3, 0.4) is 0 Å². The maximum Gasteiger partial charge on any atom is 0.0712 e. The van der Waals surface area contributed by atoms with Crippen LogP contribution in [0.2, 0.25) is 0 Å². The Bertz CT molecular complexity index is 716. The first-order valence-electron chi connectivity index (χ1n) is 11.6. The van der Waals surface area contributed by atoms with E-state index in [2.05, 4.69) is 86.5 Å². The molecule has 0 spiro atoms. The smallest absolute Gasteiger partial charge is 0.0712 e. The normalized spacial score (nSPS) is 27.8. The van der Waals surface area contributed by atoms with Gasteiger partial charge < -0.3 is 5.11 Å². The molecule has 1 fully saturated rings. The molecule has 3 rings (SSSR count). The van der Waals surface area contributed by atoms with Crippen LogP contribution in [-0.4, -0.2) is 22.7 Å². The molecule has 1 aliphatic heterocycles. The summed E-state index contributed by atoms with van der Waals surface area (Å²) in [5.74, 6) is 0.271. The number of hydrogen-bond donors (Lipinski definition) is 1. The van der Waals surface area contributed by atoms with Crippen molar-refractivity contribution in [3.05, 3.63) is 71.8 Å². The van der Waals surface area contributed by atoms with Crippen molar-refractivity contribution in [2.45, 2.75) is 82.9 Å². The van der Waals surface area contributed by atoms with Crippen molar-refractivity contribution in [1.29, 1.82) is 0 Å². The van der Waals surface area contributed by atoms with Gasteiger partial charge in [0.05, 0.1) is 5.60 Å². The summed E-state index contributed by atoms with van der Waals surface area (Å²) in [6, 6.07) is 22.1. The average Bonchev–Trinajstić information content (AvgIpc) is 2.76. The highest BCUT2D eigenvalue weighted by atomic mass is 16.3. The minimum absolute atomic E-state index is 0.241. The second-order valence-corrected chi connectivity index (χ2v) is 8.96. The van der Waals surface area contributed by atoms with Gasteiger partial charge in [0.2, 0.25) is 0 Å². The van der Waals surface area contributed by atoms with E-state index in [1.807, 2.05) is 0 Å². The first-order valence-corrected chi connectivity index (χ1v) is 11.6. The van der Waals surface area contributed by atoms with E-state index >= 15 is 0 Å². The van der Waals surface area contributed by atoms with Gasteiger partial charge in [0.25, 0.3) is 0 Å². The first-order chi connectivity index (χ1) is 14.1. The molecule has 0 radical (unpaired) electrons. The van der Waals surface area contributed by atoms with Crippen LogP contribution in [-0.2, 0) is 0 Å². The van der Waals surface area contributed by atoms with Gasteiger partial charge in [0.1, 0.15) is 0 Å². The van der Waals surface area contributed by atoms with Crippen LogP contribution in [0.1, 0.15) is 88.4 Å². The third kappa shape index (κ3) is 5.10. The number of likely N-dealkylation sites (tertiary alicyclic amines) is 1. The molecule has 1 saturated heterocycles. The molecule has 2 aromatic carbocycles. The minimum Gasteiger partial charge on any atom is -0.389 e. The van der Waals surface area contributed by atoms with Crippen molar-refractivity contribution in [2.24, 2.45) is 5.92 Å². The predicted molar refractivity (Wildman–Crippen MR) is 123 cm³/mol. The quantitative estimate of drug-likeness (QED) is 0.467. The summed E-state index contributed by atoms with van der Waals surface area (Å²) in [5.41, 5.74) is 2.04. The molecule has 0 aromatic heterocycles. The van der Waals surface area contributed by atoms with Crippen LogP contribution in [0.4, 0.5) is 0 Å². The van der Waals surface area contributed by atoms with Crippen molar-refractivity contribution in [2.75, 3.05) is 7.05 Å². The fraction of sp³-hybridized carbons (Fsp3) is 0.556. The number of rotatable bonds is 9. The molecule has 2 heteroatoms. The lowest BCUT2D eigenvalue weighted by molar-refractivity contribution is -0.129. The van der Waals surface area contributed by atoms with Gasteiger partial charge in [-0.15, -0.1) is 0 Å². The highest BCUT2D eigenvalue weighted by molar-refractivity contribution is 5.27. The summed E-state index contributed by atoms with van der Waals surface area (Å²) >= 11 is 0. The number of unbranched alkanes of at least 4 members (excludes halogenated alkanes) is 3. The van der Waals surface area contributed by atoms with E-state index in [0.717, 1.165) is 32.1 Å². The van der Waals surface area contributed by atoms with Gasteiger partial charge in [-0.2, -0.15) is 0 Å². The van der Waals surface area contributed by atoms with Crippen LogP contribution >= 0.6 is 0 Å². The number of piperidine rings is 1. The van der Waals surface area contributed by atoms with E-state index < -0.39 is 5.60 Å². The molecule has 2 nitrogen and oxygen atoms in total. The monoisotopic (exact) mass is 393 g/mol. The zero-order valence-electron chi connectivity index (χ0n) is 18.6. The minimum atomic E-state index is -0.614. The topological polar surface area (TPSA) is 23.5 Å². The Morgan fingerprint density at radius 2 is 1.45 bits per heavy atom. The van der Waals surface area contributed by atoms with Crippen LogP contribution in [0.5, 0.6) is 0 Å². The molecule has 1 N–H and O–H groups in total. The van der Waals surface area contributed by atoms with E-state index in [1.165, 1.54) is 30.4 Å². The number of nitrogens with zero attached hydrogens (tertiary/aromatic N) is 1. The van der Waals surface area contributed by atoms with Gasteiger partial charge in [-0.3, -0.25) is 4.90 Å². The van der Waals surface area contributed by atoms with Gasteiger partial charge in [-0.1, -0.05) is 107 Å². The highest BCUT2D eigenvalue weighted by Gasteiger charge is 2.50.